The van der Waals surface area contributed by atoms with Crippen molar-refractivity contribution < 1.29 is 0 Å². The first-order valence-corrected chi connectivity index (χ1v) is 7.13. The van der Waals surface area contributed by atoms with Gasteiger partial charge in [0.05, 0.1) is 0 Å². The molecule has 1 aliphatic rings. The van der Waals surface area contributed by atoms with Crippen molar-refractivity contribution >= 4 is 17.4 Å². The van der Waals surface area contributed by atoms with Crippen molar-refractivity contribution in [1.82, 2.24) is 15.0 Å². The molecule has 0 aromatic carbocycles. The second kappa shape index (κ2) is 5.02. The minimum atomic E-state index is 0.383. The number of anilines is 1. The Morgan fingerprint density at radius 3 is 2.90 bits per heavy atom. The average Bonchev–Trinajstić information content (AvgIpc) is 2.43. The second-order valence-corrected chi connectivity index (χ2v) is 5.70. The van der Waals surface area contributed by atoms with Gasteiger partial charge in [-0.3, -0.25) is 4.98 Å². The van der Waals surface area contributed by atoms with Crippen LogP contribution in [0.15, 0.2) is 18.3 Å². The molecule has 0 spiro atoms. The third kappa shape index (κ3) is 2.24. The maximum atomic E-state index is 6.18. The van der Waals surface area contributed by atoms with E-state index >= 15 is 0 Å². The van der Waals surface area contributed by atoms with E-state index in [1.54, 1.807) is 0 Å². The highest BCUT2D eigenvalue weighted by Crippen LogP contribution is 2.31. The highest BCUT2D eigenvalue weighted by atomic mass is 35.5. The topological polar surface area (TPSA) is 41.9 Å². The summed E-state index contributed by atoms with van der Waals surface area (Å²) in [6.07, 6.45) is 1.86. The fraction of sp³-hybridized carbons (Fsp3) is 0.400. The molecule has 0 N–H and O–H groups in total. The molecule has 0 fully saturated rings. The van der Waals surface area contributed by atoms with Crippen molar-refractivity contribution in [1.29, 1.82) is 0 Å². The SMILES string of the molecule is Cc1nc(Cl)c(C)c(N2Cc3cccnc3C(C)C2)n1. The number of pyridine rings is 1. The molecule has 3 heterocycles. The summed E-state index contributed by atoms with van der Waals surface area (Å²) in [5, 5.41) is 0.539. The molecule has 1 atom stereocenters. The van der Waals surface area contributed by atoms with Crippen LogP contribution in [-0.4, -0.2) is 21.5 Å². The summed E-state index contributed by atoms with van der Waals surface area (Å²) in [5.74, 6) is 2.03. The zero-order chi connectivity index (χ0) is 14.3. The van der Waals surface area contributed by atoms with Crippen LogP contribution in [0.25, 0.3) is 0 Å². The zero-order valence-electron chi connectivity index (χ0n) is 11.9. The van der Waals surface area contributed by atoms with Gasteiger partial charge in [0.15, 0.2) is 0 Å². The van der Waals surface area contributed by atoms with Crippen molar-refractivity contribution in [2.45, 2.75) is 33.2 Å². The van der Waals surface area contributed by atoms with Crippen LogP contribution < -0.4 is 4.90 Å². The molecule has 0 amide bonds. The number of aryl methyl sites for hydroxylation is 1. The van der Waals surface area contributed by atoms with Gasteiger partial charge in [0.25, 0.3) is 0 Å². The molecule has 2 aromatic rings. The monoisotopic (exact) mass is 288 g/mol. The van der Waals surface area contributed by atoms with Crippen LogP contribution in [-0.2, 0) is 6.54 Å². The molecule has 0 bridgehead atoms. The molecular formula is C15H17ClN4. The standard InChI is InChI=1S/C15H17ClN4/c1-9-7-20(8-12-5-4-6-17-13(9)12)15-10(2)14(16)18-11(3)19-15/h4-6,9H,7-8H2,1-3H3. The lowest BCUT2D eigenvalue weighted by atomic mass is 9.96. The lowest BCUT2D eigenvalue weighted by Gasteiger charge is -2.34. The van der Waals surface area contributed by atoms with Gasteiger partial charge in [0.1, 0.15) is 16.8 Å². The molecule has 0 aliphatic carbocycles. The smallest absolute Gasteiger partial charge is 0.137 e. The van der Waals surface area contributed by atoms with Gasteiger partial charge in [-0.05, 0) is 25.5 Å². The molecule has 0 radical (unpaired) electrons. The first-order valence-electron chi connectivity index (χ1n) is 6.75. The summed E-state index contributed by atoms with van der Waals surface area (Å²) in [4.78, 5) is 15.6. The van der Waals surface area contributed by atoms with Gasteiger partial charge in [0.2, 0.25) is 0 Å². The number of fused-ring (bicyclic) bond motifs is 1. The summed E-state index contributed by atoms with van der Waals surface area (Å²) in [7, 11) is 0. The van der Waals surface area contributed by atoms with Gasteiger partial charge >= 0.3 is 0 Å². The summed E-state index contributed by atoms with van der Waals surface area (Å²) in [6.45, 7) is 7.76. The Morgan fingerprint density at radius 2 is 2.10 bits per heavy atom. The zero-order valence-corrected chi connectivity index (χ0v) is 12.6. The Hall–Kier alpha value is -1.68. The molecule has 20 heavy (non-hydrogen) atoms. The van der Waals surface area contributed by atoms with Gasteiger partial charge in [-0.2, -0.15) is 0 Å². The number of hydrogen-bond donors (Lipinski definition) is 0. The average molecular weight is 289 g/mol. The summed E-state index contributed by atoms with van der Waals surface area (Å²) in [5.41, 5.74) is 3.40. The molecule has 1 unspecified atom stereocenters. The molecule has 5 heteroatoms. The first-order chi connectivity index (χ1) is 9.56. The molecule has 104 valence electrons. The van der Waals surface area contributed by atoms with Crippen LogP contribution in [0.1, 0.15) is 35.5 Å². The third-order valence-corrected chi connectivity index (χ3v) is 4.09. The Bertz CT molecular complexity index is 656. The number of nitrogens with zero attached hydrogens (tertiary/aromatic N) is 4. The Labute approximate surface area is 123 Å². The minimum Gasteiger partial charge on any atom is -0.351 e. The third-order valence-electron chi connectivity index (χ3n) is 3.72. The number of aromatic nitrogens is 3. The van der Waals surface area contributed by atoms with E-state index in [2.05, 4.69) is 32.8 Å². The predicted molar refractivity (Wildman–Crippen MR) is 80.2 cm³/mol. The summed E-state index contributed by atoms with van der Waals surface area (Å²) < 4.78 is 0. The first kappa shape index (κ1) is 13.3. The molecule has 1 aliphatic heterocycles. The van der Waals surface area contributed by atoms with E-state index in [4.69, 9.17) is 11.6 Å². The molecule has 2 aromatic heterocycles. The van der Waals surface area contributed by atoms with E-state index in [9.17, 15) is 0 Å². The van der Waals surface area contributed by atoms with Crippen molar-refractivity contribution in [3.63, 3.8) is 0 Å². The highest BCUT2D eigenvalue weighted by Gasteiger charge is 2.25. The molecular weight excluding hydrogens is 272 g/mol. The second-order valence-electron chi connectivity index (χ2n) is 5.34. The van der Waals surface area contributed by atoms with E-state index in [0.29, 0.717) is 16.9 Å². The maximum absolute atomic E-state index is 6.18. The van der Waals surface area contributed by atoms with E-state index in [1.807, 2.05) is 26.1 Å². The Kier molecular flexibility index (Phi) is 3.34. The van der Waals surface area contributed by atoms with Gasteiger partial charge in [0, 0.05) is 36.5 Å². The summed E-state index contributed by atoms with van der Waals surface area (Å²) >= 11 is 6.18. The lowest BCUT2D eigenvalue weighted by Crippen LogP contribution is -2.34. The van der Waals surface area contributed by atoms with Gasteiger partial charge in [-0.25, -0.2) is 9.97 Å². The molecule has 4 nitrogen and oxygen atoms in total. The molecule has 3 rings (SSSR count). The van der Waals surface area contributed by atoms with Gasteiger partial charge in [-0.15, -0.1) is 0 Å². The van der Waals surface area contributed by atoms with Crippen LogP contribution in [0, 0.1) is 13.8 Å². The van der Waals surface area contributed by atoms with E-state index in [1.165, 1.54) is 11.3 Å². The molecule has 0 saturated heterocycles. The summed E-state index contributed by atoms with van der Waals surface area (Å²) in [6, 6.07) is 4.12. The van der Waals surface area contributed by atoms with Crippen molar-refractivity contribution in [3.05, 3.63) is 46.1 Å². The number of halogens is 1. The largest absolute Gasteiger partial charge is 0.351 e. The van der Waals surface area contributed by atoms with Crippen molar-refractivity contribution in [2.75, 3.05) is 11.4 Å². The van der Waals surface area contributed by atoms with Crippen LogP contribution in [0.4, 0.5) is 5.82 Å². The van der Waals surface area contributed by atoms with E-state index in [0.717, 1.165) is 24.5 Å². The normalized spacial score (nSPS) is 18.0. The predicted octanol–water partition coefficient (Wildman–Crippen LogP) is 3.27. The fourth-order valence-corrected chi connectivity index (χ4v) is 2.97. The van der Waals surface area contributed by atoms with Gasteiger partial charge in [-0.1, -0.05) is 24.6 Å². The maximum Gasteiger partial charge on any atom is 0.137 e. The van der Waals surface area contributed by atoms with Crippen LogP contribution >= 0.6 is 11.6 Å². The number of hydrogen-bond acceptors (Lipinski definition) is 4. The van der Waals surface area contributed by atoms with Crippen molar-refractivity contribution in [3.8, 4) is 0 Å². The van der Waals surface area contributed by atoms with Gasteiger partial charge < -0.3 is 4.90 Å². The minimum absolute atomic E-state index is 0.383. The quantitative estimate of drug-likeness (QED) is 0.755. The molecule has 0 saturated carbocycles. The Balaban J connectivity index is 2.02. The van der Waals surface area contributed by atoms with Crippen LogP contribution in [0.3, 0.4) is 0 Å². The highest BCUT2D eigenvalue weighted by molar-refractivity contribution is 6.30. The van der Waals surface area contributed by atoms with Crippen LogP contribution in [0.2, 0.25) is 5.15 Å². The van der Waals surface area contributed by atoms with E-state index < -0.39 is 0 Å². The van der Waals surface area contributed by atoms with E-state index in [-0.39, 0.29) is 0 Å². The lowest BCUT2D eigenvalue weighted by molar-refractivity contribution is 0.612. The Morgan fingerprint density at radius 1 is 1.30 bits per heavy atom. The van der Waals surface area contributed by atoms with Crippen LogP contribution in [0.5, 0.6) is 0 Å². The number of rotatable bonds is 1. The van der Waals surface area contributed by atoms with Crippen molar-refractivity contribution in [2.24, 2.45) is 0 Å². The fourth-order valence-electron chi connectivity index (χ4n) is 2.76.